The molecule has 1 aliphatic carbocycles. The number of likely N-dealkylation sites (N-methyl/N-ethyl adjacent to an activating group) is 1. The maximum absolute atomic E-state index is 12.7. The van der Waals surface area contributed by atoms with E-state index in [1.54, 1.807) is 6.07 Å². The Balaban J connectivity index is 1.70. The van der Waals surface area contributed by atoms with Gasteiger partial charge >= 0.3 is 0 Å². The molecule has 1 saturated heterocycles. The minimum Gasteiger partial charge on any atom is -0.351 e. The van der Waals surface area contributed by atoms with Crippen molar-refractivity contribution >= 4 is 11.9 Å². The highest BCUT2D eigenvalue weighted by molar-refractivity contribution is 5.92. The lowest BCUT2D eigenvalue weighted by molar-refractivity contribution is 0.0658. The second-order valence-electron chi connectivity index (χ2n) is 6.79. The number of nitrogens with one attached hydrogen (secondary N) is 1. The fourth-order valence-electron chi connectivity index (χ4n) is 3.34. The van der Waals surface area contributed by atoms with Crippen LogP contribution in [0.2, 0.25) is 0 Å². The molecule has 1 aromatic rings. The third kappa shape index (κ3) is 4.19. The minimum atomic E-state index is 0.0234. The summed E-state index contributed by atoms with van der Waals surface area (Å²) in [4.78, 5) is 25.8. The van der Waals surface area contributed by atoms with Crippen molar-refractivity contribution in [2.75, 3.05) is 38.5 Å². The van der Waals surface area contributed by atoms with Gasteiger partial charge in [0.1, 0.15) is 5.69 Å². The molecule has 0 aromatic carbocycles. The molecule has 1 aromatic heterocycles. The number of nitrogens with zero attached hydrogens (tertiary/aromatic N) is 4. The standard InChI is InChI=1S/C17H27N5O/c1-13-12-15(16(23)22-10-8-21(2)9-11-22)20-17(18-13)19-14-6-4-3-5-7-14/h12,14H,3-11H2,1-2H3,(H,18,19,20). The van der Waals surface area contributed by atoms with Gasteiger partial charge in [-0.15, -0.1) is 0 Å². The average molecular weight is 317 g/mol. The Morgan fingerprint density at radius 1 is 1.13 bits per heavy atom. The second kappa shape index (κ2) is 7.25. The number of hydrogen-bond acceptors (Lipinski definition) is 5. The quantitative estimate of drug-likeness (QED) is 0.923. The summed E-state index contributed by atoms with van der Waals surface area (Å²) >= 11 is 0. The summed E-state index contributed by atoms with van der Waals surface area (Å²) in [6.45, 7) is 5.30. The zero-order valence-electron chi connectivity index (χ0n) is 14.2. The molecular formula is C17H27N5O. The van der Waals surface area contributed by atoms with E-state index in [9.17, 15) is 4.79 Å². The van der Waals surface area contributed by atoms with Crippen LogP contribution < -0.4 is 5.32 Å². The summed E-state index contributed by atoms with van der Waals surface area (Å²) in [5.41, 5.74) is 1.36. The van der Waals surface area contributed by atoms with Gasteiger partial charge < -0.3 is 15.1 Å². The monoisotopic (exact) mass is 317 g/mol. The Bertz CT molecular complexity index is 548. The lowest BCUT2D eigenvalue weighted by atomic mass is 9.96. The minimum absolute atomic E-state index is 0.0234. The van der Waals surface area contributed by atoms with Gasteiger partial charge in [-0.3, -0.25) is 4.79 Å². The molecule has 1 amide bonds. The molecule has 2 fully saturated rings. The molecule has 2 heterocycles. The van der Waals surface area contributed by atoms with Crippen LogP contribution in [-0.2, 0) is 0 Å². The molecule has 0 radical (unpaired) electrons. The molecule has 126 valence electrons. The predicted octanol–water partition coefficient (Wildman–Crippen LogP) is 1.92. The first-order valence-corrected chi connectivity index (χ1v) is 8.72. The number of amides is 1. The Labute approximate surface area is 138 Å². The van der Waals surface area contributed by atoms with E-state index in [1.807, 2.05) is 11.8 Å². The van der Waals surface area contributed by atoms with Gasteiger partial charge in [0.2, 0.25) is 5.95 Å². The topological polar surface area (TPSA) is 61.4 Å². The fraction of sp³-hybridized carbons (Fsp3) is 0.706. The summed E-state index contributed by atoms with van der Waals surface area (Å²) in [6, 6.07) is 2.24. The van der Waals surface area contributed by atoms with Crippen molar-refractivity contribution in [3.8, 4) is 0 Å². The van der Waals surface area contributed by atoms with Crippen LogP contribution in [0, 0.1) is 6.92 Å². The summed E-state index contributed by atoms with van der Waals surface area (Å²) in [6.07, 6.45) is 6.17. The van der Waals surface area contributed by atoms with Crippen molar-refractivity contribution in [2.24, 2.45) is 0 Å². The summed E-state index contributed by atoms with van der Waals surface area (Å²) in [5.74, 6) is 0.629. The van der Waals surface area contributed by atoms with Crippen molar-refractivity contribution in [2.45, 2.75) is 45.1 Å². The second-order valence-corrected chi connectivity index (χ2v) is 6.79. The Morgan fingerprint density at radius 2 is 1.83 bits per heavy atom. The highest BCUT2D eigenvalue weighted by Crippen LogP contribution is 2.20. The van der Waals surface area contributed by atoms with Crippen LogP contribution in [0.15, 0.2) is 6.07 Å². The lowest BCUT2D eigenvalue weighted by Gasteiger charge is -2.32. The first kappa shape index (κ1) is 16.2. The SMILES string of the molecule is Cc1cc(C(=O)N2CCN(C)CC2)nc(NC2CCCCC2)n1. The number of aromatic nitrogens is 2. The smallest absolute Gasteiger partial charge is 0.272 e. The number of carbonyl (C=O) groups excluding carboxylic acids is 1. The van der Waals surface area contributed by atoms with Crippen molar-refractivity contribution in [1.82, 2.24) is 19.8 Å². The van der Waals surface area contributed by atoms with Gasteiger partial charge in [-0.25, -0.2) is 9.97 Å². The first-order chi connectivity index (χ1) is 11.1. The molecule has 6 heteroatoms. The number of anilines is 1. The zero-order valence-corrected chi connectivity index (χ0v) is 14.2. The summed E-state index contributed by atoms with van der Waals surface area (Å²) < 4.78 is 0. The molecule has 3 rings (SSSR count). The van der Waals surface area contributed by atoms with Crippen LogP contribution in [0.5, 0.6) is 0 Å². The third-order valence-electron chi connectivity index (χ3n) is 4.80. The molecule has 23 heavy (non-hydrogen) atoms. The number of aryl methyl sites for hydroxylation is 1. The zero-order chi connectivity index (χ0) is 16.2. The third-order valence-corrected chi connectivity index (χ3v) is 4.80. The number of carbonyl (C=O) groups is 1. The highest BCUT2D eigenvalue weighted by Gasteiger charge is 2.23. The molecular weight excluding hydrogens is 290 g/mol. The van der Waals surface area contributed by atoms with Crippen LogP contribution in [-0.4, -0.2) is 64.9 Å². The van der Waals surface area contributed by atoms with Crippen LogP contribution in [0.3, 0.4) is 0 Å². The first-order valence-electron chi connectivity index (χ1n) is 8.72. The molecule has 2 aliphatic rings. The molecule has 0 atom stereocenters. The van der Waals surface area contributed by atoms with Crippen molar-refractivity contribution in [1.29, 1.82) is 0 Å². The van der Waals surface area contributed by atoms with E-state index in [-0.39, 0.29) is 5.91 Å². The van der Waals surface area contributed by atoms with Crippen LogP contribution in [0.1, 0.15) is 48.3 Å². The maximum Gasteiger partial charge on any atom is 0.272 e. The van der Waals surface area contributed by atoms with E-state index < -0.39 is 0 Å². The van der Waals surface area contributed by atoms with Crippen molar-refractivity contribution < 1.29 is 4.79 Å². The van der Waals surface area contributed by atoms with Crippen LogP contribution in [0.4, 0.5) is 5.95 Å². The van der Waals surface area contributed by atoms with E-state index in [0.29, 0.717) is 17.7 Å². The van der Waals surface area contributed by atoms with Crippen LogP contribution in [0.25, 0.3) is 0 Å². The van der Waals surface area contributed by atoms with Gasteiger partial charge in [0.25, 0.3) is 5.91 Å². The number of rotatable bonds is 3. The van der Waals surface area contributed by atoms with E-state index >= 15 is 0 Å². The molecule has 0 unspecified atom stereocenters. The van der Waals surface area contributed by atoms with Gasteiger partial charge in [-0.05, 0) is 32.9 Å². The molecule has 1 saturated carbocycles. The highest BCUT2D eigenvalue weighted by atomic mass is 16.2. The lowest BCUT2D eigenvalue weighted by Crippen LogP contribution is -2.47. The van der Waals surface area contributed by atoms with Gasteiger partial charge in [-0.2, -0.15) is 0 Å². The maximum atomic E-state index is 12.7. The Morgan fingerprint density at radius 3 is 2.52 bits per heavy atom. The number of hydrogen-bond donors (Lipinski definition) is 1. The van der Waals surface area contributed by atoms with Gasteiger partial charge in [0.05, 0.1) is 0 Å². The van der Waals surface area contributed by atoms with Crippen molar-refractivity contribution in [3.05, 3.63) is 17.5 Å². The van der Waals surface area contributed by atoms with Gasteiger partial charge in [-0.1, -0.05) is 19.3 Å². The molecule has 0 spiro atoms. The predicted molar refractivity (Wildman–Crippen MR) is 90.7 cm³/mol. The van der Waals surface area contributed by atoms with Gasteiger partial charge in [0.15, 0.2) is 0 Å². The van der Waals surface area contributed by atoms with E-state index in [4.69, 9.17) is 0 Å². The average Bonchev–Trinajstić information content (AvgIpc) is 2.55. The van der Waals surface area contributed by atoms with Crippen LogP contribution >= 0.6 is 0 Å². The summed E-state index contributed by atoms with van der Waals surface area (Å²) in [7, 11) is 2.09. The normalized spacial score (nSPS) is 20.5. The molecule has 6 nitrogen and oxygen atoms in total. The number of piperazine rings is 1. The fourth-order valence-corrected chi connectivity index (χ4v) is 3.34. The largest absolute Gasteiger partial charge is 0.351 e. The molecule has 0 bridgehead atoms. The Kier molecular flexibility index (Phi) is 5.10. The van der Waals surface area contributed by atoms with E-state index in [0.717, 1.165) is 31.9 Å². The van der Waals surface area contributed by atoms with E-state index in [2.05, 4.69) is 27.2 Å². The summed E-state index contributed by atoms with van der Waals surface area (Å²) in [5, 5.41) is 3.43. The molecule has 1 aliphatic heterocycles. The molecule has 1 N–H and O–H groups in total. The van der Waals surface area contributed by atoms with Gasteiger partial charge in [0, 0.05) is 37.9 Å². The Hall–Kier alpha value is -1.69. The van der Waals surface area contributed by atoms with Crippen molar-refractivity contribution in [3.63, 3.8) is 0 Å². The van der Waals surface area contributed by atoms with E-state index in [1.165, 1.54) is 32.1 Å².